The summed E-state index contributed by atoms with van der Waals surface area (Å²) in [5.41, 5.74) is -0.277. The molecular weight excluding hydrogens is 252 g/mol. The van der Waals surface area contributed by atoms with Crippen molar-refractivity contribution >= 4 is 11.8 Å². The predicted octanol–water partition coefficient (Wildman–Crippen LogP) is 1.80. The van der Waals surface area contributed by atoms with Gasteiger partial charge in [-0.1, -0.05) is 30.3 Å². The van der Waals surface area contributed by atoms with Gasteiger partial charge in [0.05, 0.1) is 0 Å². The van der Waals surface area contributed by atoms with Crippen LogP contribution in [0.4, 0.5) is 0 Å². The third kappa shape index (κ3) is 1.74. The molecule has 1 aliphatic carbocycles. The van der Waals surface area contributed by atoms with Crippen LogP contribution in [0.3, 0.4) is 0 Å². The van der Waals surface area contributed by atoms with E-state index in [0.29, 0.717) is 0 Å². The first-order valence-electron chi connectivity index (χ1n) is 7.10. The molecule has 20 heavy (non-hydrogen) atoms. The van der Waals surface area contributed by atoms with E-state index in [-0.39, 0.29) is 17.4 Å². The van der Waals surface area contributed by atoms with E-state index in [4.69, 9.17) is 0 Å². The van der Waals surface area contributed by atoms with E-state index in [9.17, 15) is 9.59 Å². The van der Waals surface area contributed by atoms with Crippen LogP contribution in [0.25, 0.3) is 0 Å². The fraction of sp³-hybridized carbons (Fsp3) is 0.500. The molecule has 4 heteroatoms. The van der Waals surface area contributed by atoms with Crippen LogP contribution in [-0.4, -0.2) is 28.3 Å². The Bertz CT molecular complexity index is 565. The Morgan fingerprint density at radius 1 is 1.15 bits per heavy atom. The van der Waals surface area contributed by atoms with Gasteiger partial charge in [-0.2, -0.15) is 0 Å². The van der Waals surface area contributed by atoms with Gasteiger partial charge in [0.2, 0.25) is 5.91 Å². The number of carbonyl (C=O) groups excluding carboxylic acids is 2. The SMILES string of the molecule is CC1C(=O)NC(C)(c2ccccc2)C(=O)N1C1(C)CC1. The molecule has 0 aromatic heterocycles. The van der Waals surface area contributed by atoms with E-state index in [1.54, 1.807) is 18.7 Å². The first-order chi connectivity index (χ1) is 9.38. The minimum absolute atomic E-state index is 0.00389. The van der Waals surface area contributed by atoms with E-state index in [1.165, 1.54) is 0 Å². The third-order valence-corrected chi connectivity index (χ3v) is 4.69. The molecule has 0 bridgehead atoms. The number of rotatable bonds is 2. The van der Waals surface area contributed by atoms with E-state index in [1.807, 2.05) is 30.3 Å². The van der Waals surface area contributed by atoms with E-state index >= 15 is 0 Å². The second-order valence-electron chi connectivity index (χ2n) is 6.33. The molecule has 2 fully saturated rings. The van der Waals surface area contributed by atoms with Crippen LogP contribution in [0, 0.1) is 0 Å². The van der Waals surface area contributed by atoms with Crippen molar-refractivity contribution in [3.63, 3.8) is 0 Å². The van der Waals surface area contributed by atoms with Crippen molar-refractivity contribution in [3.05, 3.63) is 35.9 Å². The molecule has 1 saturated carbocycles. The summed E-state index contributed by atoms with van der Waals surface area (Å²) < 4.78 is 0. The Hall–Kier alpha value is -1.84. The van der Waals surface area contributed by atoms with Crippen LogP contribution in [0.2, 0.25) is 0 Å². The highest BCUT2D eigenvalue weighted by Gasteiger charge is 2.56. The fourth-order valence-electron chi connectivity index (χ4n) is 3.04. The zero-order valence-corrected chi connectivity index (χ0v) is 12.1. The maximum atomic E-state index is 13.0. The summed E-state index contributed by atoms with van der Waals surface area (Å²) >= 11 is 0. The van der Waals surface area contributed by atoms with Gasteiger partial charge in [-0.3, -0.25) is 9.59 Å². The molecule has 2 atom stereocenters. The molecule has 4 nitrogen and oxygen atoms in total. The van der Waals surface area contributed by atoms with E-state index in [2.05, 4.69) is 12.2 Å². The fourth-order valence-corrected chi connectivity index (χ4v) is 3.04. The number of hydrogen-bond acceptors (Lipinski definition) is 2. The molecule has 3 rings (SSSR count). The third-order valence-electron chi connectivity index (χ3n) is 4.69. The molecule has 0 spiro atoms. The summed E-state index contributed by atoms with van der Waals surface area (Å²) in [5, 5.41) is 2.91. The van der Waals surface area contributed by atoms with Gasteiger partial charge in [-0.25, -0.2) is 0 Å². The van der Waals surface area contributed by atoms with Crippen molar-refractivity contribution in [2.75, 3.05) is 0 Å². The smallest absolute Gasteiger partial charge is 0.253 e. The molecule has 1 saturated heterocycles. The summed E-state index contributed by atoms with van der Waals surface area (Å²) in [7, 11) is 0. The molecule has 0 radical (unpaired) electrons. The molecule has 1 N–H and O–H groups in total. The zero-order valence-electron chi connectivity index (χ0n) is 12.1. The van der Waals surface area contributed by atoms with Gasteiger partial charge in [0.1, 0.15) is 11.6 Å². The van der Waals surface area contributed by atoms with Gasteiger partial charge in [0, 0.05) is 5.54 Å². The number of carbonyl (C=O) groups is 2. The average molecular weight is 272 g/mol. The van der Waals surface area contributed by atoms with Crippen molar-refractivity contribution in [3.8, 4) is 0 Å². The summed E-state index contributed by atoms with van der Waals surface area (Å²) in [5.74, 6) is -0.0834. The van der Waals surface area contributed by atoms with Crippen molar-refractivity contribution in [2.24, 2.45) is 0 Å². The largest absolute Gasteiger partial charge is 0.336 e. The zero-order chi connectivity index (χ0) is 14.5. The number of piperazine rings is 1. The van der Waals surface area contributed by atoms with Gasteiger partial charge in [0.25, 0.3) is 5.91 Å². The number of amides is 2. The van der Waals surface area contributed by atoms with Gasteiger partial charge in [-0.05, 0) is 39.2 Å². The summed E-state index contributed by atoms with van der Waals surface area (Å²) in [6.07, 6.45) is 1.95. The number of benzene rings is 1. The first kappa shape index (κ1) is 13.2. The van der Waals surface area contributed by atoms with Crippen molar-refractivity contribution < 1.29 is 9.59 Å². The monoisotopic (exact) mass is 272 g/mol. The minimum atomic E-state index is -0.962. The van der Waals surface area contributed by atoms with E-state index in [0.717, 1.165) is 18.4 Å². The second-order valence-corrected chi connectivity index (χ2v) is 6.33. The molecule has 1 aromatic rings. The number of nitrogens with zero attached hydrogens (tertiary/aromatic N) is 1. The van der Waals surface area contributed by atoms with Crippen LogP contribution in [0.1, 0.15) is 39.2 Å². The summed E-state index contributed by atoms with van der Waals surface area (Å²) in [4.78, 5) is 27.1. The normalized spacial score (nSPS) is 31.9. The Labute approximate surface area is 119 Å². The maximum Gasteiger partial charge on any atom is 0.253 e. The molecule has 1 heterocycles. The van der Waals surface area contributed by atoms with Crippen LogP contribution in [0.15, 0.2) is 30.3 Å². The van der Waals surface area contributed by atoms with Crippen LogP contribution in [-0.2, 0) is 15.1 Å². The molecule has 2 amide bonds. The quantitative estimate of drug-likeness (QED) is 0.892. The predicted molar refractivity (Wildman–Crippen MR) is 75.9 cm³/mol. The lowest BCUT2D eigenvalue weighted by Gasteiger charge is -2.46. The first-order valence-corrected chi connectivity index (χ1v) is 7.10. The molecule has 106 valence electrons. The van der Waals surface area contributed by atoms with Gasteiger partial charge < -0.3 is 10.2 Å². The molecule has 2 unspecified atom stereocenters. The van der Waals surface area contributed by atoms with Crippen LogP contribution in [0.5, 0.6) is 0 Å². The van der Waals surface area contributed by atoms with Crippen molar-refractivity contribution in [2.45, 2.75) is 50.7 Å². The summed E-state index contributed by atoms with van der Waals surface area (Å²) in [6.45, 7) is 5.67. The summed E-state index contributed by atoms with van der Waals surface area (Å²) in [6, 6.07) is 9.07. The highest BCUT2D eigenvalue weighted by Crippen LogP contribution is 2.45. The molecule has 2 aliphatic rings. The maximum absolute atomic E-state index is 13.0. The van der Waals surface area contributed by atoms with E-state index < -0.39 is 11.6 Å². The standard InChI is InChI=1S/C16H20N2O2/c1-11-13(19)17-16(3,12-7-5-4-6-8-12)14(20)18(11)15(2)9-10-15/h4-8,11H,9-10H2,1-3H3,(H,17,19). The molecule has 1 aromatic carbocycles. The number of hydrogen-bond donors (Lipinski definition) is 1. The lowest BCUT2D eigenvalue weighted by molar-refractivity contribution is -0.157. The molecular formula is C16H20N2O2. The second kappa shape index (κ2) is 4.08. The molecule has 1 aliphatic heterocycles. The Kier molecular flexibility index (Phi) is 2.68. The van der Waals surface area contributed by atoms with Crippen molar-refractivity contribution in [1.29, 1.82) is 0 Å². The lowest BCUT2D eigenvalue weighted by Crippen LogP contribution is -2.69. The Morgan fingerprint density at radius 3 is 2.30 bits per heavy atom. The van der Waals surface area contributed by atoms with Gasteiger partial charge in [0.15, 0.2) is 0 Å². The van der Waals surface area contributed by atoms with Gasteiger partial charge in [-0.15, -0.1) is 0 Å². The Balaban J connectivity index is 2.04. The van der Waals surface area contributed by atoms with Crippen LogP contribution >= 0.6 is 0 Å². The van der Waals surface area contributed by atoms with Gasteiger partial charge >= 0.3 is 0 Å². The van der Waals surface area contributed by atoms with Crippen molar-refractivity contribution in [1.82, 2.24) is 10.2 Å². The highest BCUT2D eigenvalue weighted by molar-refractivity contribution is 6.00. The Morgan fingerprint density at radius 2 is 1.75 bits per heavy atom. The highest BCUT2D eigenvalue weighted by atomic mass is 16.2. The topological polar surface area (TPSA) is 49.4 Å². The average Bonchev–Trinajstić information content (AvgIpc) is 3.16. The van der Waals surface area contributed by atoms with Crippen LogP contribution < -0.4 is 5.32 Å². The lowest BCUT2D eigenvalue weighted by atomic mass is 9.86. The number of nitrogens with one attached hydrogen (secondary N) is 1. The minimum Gasteiger partial charge on any atom is -0.336 e.